The van der Waals surface area contributed by atoms with Gasteiger partial charge < -0.3 is 0 Å². The molecule has 3 aliphatic heterocycles. The van der Waals surface area contributed by atoms with Crippen LogP contribution in [0.15, 0.2) is 16.3 Å². The highest BCUT2D eigenvalue weighted by Crippen LogP contribution is 2.21. The van der Waals surface area contributed by atoms with Gasteiger partial charge in [0.25, 0.3) is 0 Å². The molecule has 1 unspecified atom stereocenters. The number of nitrogens with one attached hydrogen (secondary N) is 1. The normalized spacial score (nSPS) is 30.7. The summed E-state index contributed by atoms with van der Waals surface area (Å²) in [5, 5.41) is 0. The van der Waals surface area contributed by atoms with E-state index in [0.717, 1.165) is 37.6 Å². The number of sulfonamides is 1. The van der Waals surface area contributed by atoms with Gasteiger partial charge in [0.1, 0.15) is 4.21 Å². The van der Waals surface area contributed by atoms with Crippen LogP contribution in [-0.2, 0) is 10.0 Å². The van der Waals surface area contributed by atoms with Gasteiger partial charge in [0.15, 0.2) is 0 Å². The Labute approximate surface area is 118 Å². The first-order valence-corrected chi connectivity index (χ1v) is 8.87. The van der Waals surface area contributed by atoms with E-state index < -0.39 is 10.0 Å². The molecular formula is C12H19N3O2S2. The third-order valence-corrected chi connectivity index (χ3v) is 6.80. The third kappa shape index (κ3) is 2.85. The fraction of sp³-hybridized carbons (Fsp3) is 0.667. The van der Waals surface area contributed by atoms with Gasteiger partial charge in [0.2, 0.25) is 10.0 Å². The van der Waals surface area contributed by atoms with Crippen LogP contribution in [0.25, 0.3) is 0 Å². The number of thiophene rings is 1. The molecule has 0 amide bonds. The number of hydrogen-bond acceptors (Lipinski definition) is 5. The van der Waals surface area contributed by atoms with Gasteiger partial charge in [-0.3, -0.25) is 9.80 Å². The second-order valence-electron chi connectivity index (χ2n) is 5.21. The summed E-state index contributed by atoms with van der Waals surface area (Å²) >= 11 is 1.32. The lowest BCUT2D eigenvalue weighted by Crippen LogP contribution is -2.63. The van der Waals surface area contributed by atoms with Gasteiger partial charge in [-0.05, 0) is 19.1 Å². The lowest BCUT2D eigenvalue weighted by atomic mass is 10.1. The number of piperazine rings is 3. The van der Waals surface area contributed by atoms with Gasteiger partial charge in [0.05, 0.1) is 0 Å². The van der Waals surface area contributed by atoms with E-state index in [1.54, 1.807) is 6.07 Å². The van der Waals surface area contributed by atoms with E-state index in [0.29, 0.717) is 16.8 Å². The maximum atomic E-state index is 12.2. The predicted molar refractivity (Wildman–Crippen MR) is 76.0 cm³/mol. The summed E-state index contributed by atoms with van der Waals surface area (Å²) in [6.07, 6.45) is 0. The molecule has 4 heterocycles. The van der Waals surface area contributed by atoms with Gasteiger partial charge in [-0.25, -0.2) is 13.1 Å². The summed E-state index contributed by atoms with van der Waals surface area (Å²) in [5.74, 6) is 0. The highest BCUT2D eigenvalue weighted by atomic mass is 32.2. The van der Waals surface area contributed by atoms with Crippen molar-refractivity contribution in [1.82, 2.24) is 14.5 Å². The lowest BCUT2D eigenvalue weighted by Gasteiger charge is -2.47. The molecule has 0 spiro atoms. The summed E-state index contributed by atoms with van der Waals surface area (Å²) in [6, 6.07) is 3.84. The van der Waals surface area contributed by atoms with Crippen LogP contribution in [0, 0.1) is 6.92 Å². The van der Waals surface area contributed by atoms with Crippen LogP contribution in [0.5, 0.6) is 0 Å². The fourth-order valence-corrected chi connectivity index (χ4v) is 5.15. The minimum absolute atomic E-state index is 0.318. The van der Waals surface area contributed by atoms with Crippen molar-refractivity contribution in [2.75, 3.05) is 39.3 Å². The van der Waals surface area contributed by atoms with Crippen molar-refractivity contribution >= 4 is 21.4 Å². The van der Waals surface area contributed by atoms with E-state index in [1.165, 1.54) is 11.3 Å². The van der Waals surface area contributed by atoms with Crippen LogP contribution in [0.1, 0.15) is 4.88 Å². The Kier molecular flexibility index (Phi) is 3.65. The van der Waals surface area contributed by atoms with E-state index in [9.17, 15) is 8.42 Å². The molecule has 0 saturated carbocycles. The Balaban J connectivity index is 1.63. The third-order valence-electron chi connectivity index (χ3n) is 3.88. The van der Waals surface area contributed by atoms with Crippen molar-refractivity contribution in [1.29, 1.82) is 0 Å². The van der Waals surface area contributed by atoms with Gasteiger partial charge in [-0.1, -0.05) is 0 Å². The Morgan fingerprint density at radius 2 is 2.05 bits per heavy atom. The zero-order chi connectivity index (χ0) is 13.5. The molecule has 1 aromatic heterocycles. The number of fused-ring (bicyclic) bond motifs is 3. The Bertz CT molecular complexity index is 547. The van der Waals surface area contributed by atoms with E-state index in [4.69, 9.17) is 0 Å². The monoisotopic (exact) mass is 301 g/mol. The van der Waals surface area contributed by atoms with Crippen LogP contribution < -0.4 is 4.72 Å². The zero-order valence-corrected chi connectivity index (χ0v) is 12.6. The van der Waals surface area contributed by atoms with Crippen molar-refractivity contribution in [2.24, 2.45) is 0 Å². The lowest BCUT2D eigenvalue weighted by molar-refractivity contribution is 0.0158. The molecule has 3 saturated heterocycles. The summed E-state index contributed by atoms with van der Waals surface area (Å²) < 4.78 is 27.5. The fourth-order valence-electron chi connectivity index (χ4n) is 2.75. The van der Waals surface area contributed by atoms with E-state index in [-0.39, 0.29) is 0 Å². The van der Waals surface area contributed by atoms with Crippen LogP contribution in [0.4, 0.5) is 0 Å². The standard InChI is InChI=1S/C12H19N3O2S2/c1-10-2-3-12(18-10)19(16,17)13-8-11-9-14-4-6-15(11)7-5-14/h2-3,11,13H,4-9H2,1H3. The molecule has 0 aromatic carbocycles. The van der Waals surface area contributed by atoms with Crippen LogP contribution in [0.3, 0.4) is 0 Å². The van der Waals surface area contributed by atoms with Gasteiger partial charge in [-0.2, -0.15) is 0 Å². The molecule has 3 fully saturated rings. The van der Waals surface area contributed by atoms with Gasteiger partial charge in [0, 0.05) is 50.2 Å². The smallest absolute Gasteiger partial charge is 0.250 e. The number of hydrogen-bond donors (Lipinski definition) is 1. The summed E-state index contributed by atoms with van der Waals surface area (Å²) in [7, 11) is -3.33. The number of aryl methyl sites for hydroxylation is 1. The van der Waals surface area contributed by atoms with E-state index in [1.807, 2.05) is 13.0 Å². The average molecular weight is 301 g/mol. The molecule has 1 aromatic rings. The van der Waals surface area contributed by atoms with Crippen molar-refractivity contribution in [3.05, 3.63) is 17.0 Å². The average Bonchev–Trinajstić information content (AvgIpc) is 2.86. The summed E-state index contributed by atoms with van der Waals surface area (Å²) in [4.78, 5) is 5.82. The molecule has 5 nitrogen and oxygen atoms in total. The second kappa shape index (κ2) is 5.14. The van der Waals surface area contributed by atoms with Crippen LogP contribution >= 0.6 is 11.3 Å². The Morgan fingerprint density at radius 1 is 1.32 bits per heavy atom. The van der Waals surface area contributed by atoms with Crippen LogP contribution in [-0.4, -0.2) is 63.5 Å². The minimum atomic E-state index is -3.33. The highest BCUT2D eigenvalue weighted by Gasteiger charge is 2.32. The molecule has 7 heteroatoms. The van der Waals surface area contributed by atoms with E-state index in [2.05, 4.69) is 14.5 Å². The molecule has 2 bridgehead atoms. The zero-order valence-electron chi connectivity index (χ0n) is 11.0. The van der Waals surface area contributed by atoms with Crippen molar-refractivity contribution < 1.29 is 8.42 Å². The quantitative estimate of drug-likeness (QED) is 0.871. The topological polar surface area (TPSA) is 52.7 Å². The Hall–Kier alpha value is -0.470. The Morgan fingerprint density at radius 3 is 2.58 bits per heavy atom. The first kappa shape index (κ1) is 13.5. The van der Waals surface area contributed by atoms with E-state index >= 15 is 0 Å². The second-order valence-corrected chi connectivity index (χ2v) is 8.49. The molecule has 0 aliphatic carbocycles. The first-order chi connectivity index (χ1) is 9.04. The molecule has 1 N–H and O–H groups in total. The highest BCUT2D eigenvalue weighted by molar-refractivity contribution is 7.91. The van der Waals surface area contributed by atoms with Gasteiger partial charge >= 0.3 is 0 Å². The largest absolute Gasteiger partial charge is 0.299 e. The SMILES string of the molecule is Cc1ccc(S(=O)(=O)NCC2CN3CCN2CC3)s1. The maximum absolute atomic E-state index is 12.2. The summed E-state index contributed by atoms with van der Waals surface area (Å²) in [5.41, 5.74) is 0. The predicted octanol–water partition coefficient (Wildman–Crippen LogP) is 0.335. The minimum Gasteiger partial charge on any atom is -0.299 e. The van der Waals surface area contributed by atoms with Crippen molar-refractivity contribution in [3.8, 4) is 0 Å². The maximum Gasteiger partial charge on any atom is 0.250 e. The number of nitrogens with zero attached hydrogens (tertiary/aromatic N) is 2. The first-order valence-electron chi connectivity index (χ1n) is 6.57. The number of rotatable bonds is 4. The molecule has 19 heavy (non-hydrogen) atoms. The summed E-state index contributed by atoms with van der Waals surface area (Å²) in [6.45, 7) is 7.76. The molecule has 106 valence electrons. The van der Waals surface area contributed by atoms with Crippen LogP contribution in [0.2, 0.25) is 0 Å². The molecule has 1 atom stereocenters. The molecular weight excluding hydrogens is 282 g/mol. The molecule has 3 aliphatic rings. The van der Waals surface area contributed by atoms with Gasteiger partial charge in [-0.15, -0.1) is 11.3 Å². The van der Waals surface area contributed by atoms with Crippen molar-refractivity contribution in [3.63, 3.8) is 0 Å². The molecule has 4 rings (SSSR count). The molecule has 0 radical (unpaired) electrons. The van der Waals surface area contributed by atoms with Crippen molar-refractivity contribution in [2.45, 2.75) is 17.2 Å².